The van der Waals surface area contributed by atoms with E-state index in [-0.39, 0.29) is 0 Å². The van der Waals surface area contributed by atoms with Crippen molar-refractivity contribution in [1.29, 1.82) is 0 Å². The molecule has 0 bridgehead atoms. The van der Waals surface area contributed by atoms with Gasteiger partial charge in [-0.25, -0.2) is 0 Å². The van der Waals surface area contributed by atoms with Crippen LogP contribution in [0.25, 0.3) is 0 Å². The second-order valence-corrected chi connectivity index (χ2v) is 5.14. The fraction of sp³-hybridized carbons (Fsp3) is 0.400. The van der Waals surface area contributed by atoms with Crippen molar-refractivity contribution in [2.45, 2.75) is 6.92 Å². The van der Waals surface area contributed by atoms with Gasteiger partial charge in [0.25, 0.3) is 0 Å². The molecule has 0 radical (unpaired) electrons. The number of ether oxygens (including phenoxy) is 1. The van der Waals surface area contributed by atoms with Crippen molar-refractivity contribution < 1.29 is 4.74 Å². The number of hydrogen-bond acceptors (Lipinski definition) is 1. The lowest BCUT2D eigenvalue weighted by atomic mass is 10.2. The molecule has 0 heterocycles. The Morgan fingerprint density at radius 2 is 1.80 bits per heavy atom. The summed E-state index contributed by atoms with van der Waals surface area (Å²) in [5, 5.41) is 2.24. The van der Waals surface area contributed by atoms with Crippen molar-refractivity contribution in [2.24, 2.45) is 5.92 Å². The molecule has 1 aromatic carbocycles. The van der Waals surface area contributed by atoms with Crippen LogP contribution in [0.5, 0.6) is 5.75 Å². The van der Waals surface area contributed by atoms with E-state index >= 15 is 0 Å². The van der Waals surface area contributed by atoms with Crippen LogP contribution in [0.4, 0.5) is 0 Å². The molecular weight excluding hydrogens is 322 g/mol. The third-order valence-electron chi connectivity index (χ3n) is 1.76. The van der Waals surface area contributed by atoms with Crippen molar-refractivity contribution in [3.05, 3.63) is 27.2 Å². The highest BCUT2D eigenvalue weighted by Crippen LogP contribution is 2.34. The highest BCUT2D eigenvalue weighted by atomic mass is 79.9. The maximum absolute atomic E-state index is 5.95. The minimum atomic E-state index is 0.413. The van der Waals surface area contributed by atoms with Gasteiger partial charge in [-0.1, -0.05) is 57.7 Å². The highest BCUT2D eigenvalue weighted by molar-refractivity contribution is 9.09. The van der Waals surface area contributed by atoms with Gasteiger partial charge in [-0.05, 0) is 12.0 Å². The van der Waals surface area contributed by atoms with E-state index in [9.17, 15) is 0 Å². The van der Waals surface area contributed by atoms with Gasteiger partial charge in [0.15, 0.2) is 0 Å². The summed E-state index contributed by atoms with van der Waals surface area (Å²) >= 11 is 21.0. The molecule has 0 spiro atoms. The maximum Gasteiger partial charge on any atom is 0.139 e. The minimum Gasteiger partial charge on any atom is -0.492 e. The van der Waals surface area contributed by atoms with Crippen LogP contribution in [0.1, 0.15) is 6.92 Å². The minimum absolute atomic E-state index is 0.413. The molecular formula is C10H10BrCl3O. The van der Waals surface area contributed by atoms with Gasteiger partial charge in [0.2, 0.25) is 0 Å². The van der Waals surface area contributed by atoms with Crippen LogP contribution < -0.4 is 4.74 Å². The molecule has 0 fully saturated rings. The first-order valence-corrected chi connectivity index (χ1v) is 6.63. The molecule has 1 nitrogen and oxygen atoms in total. The molecule has 0 amide bonds. The Labute approximate surface area is 113 Å². The third-order valence-corrected chi connectivity index (χ3v) is 3.88. The lowest BCUT2D eigenvalue weighted by Gasteiger charge is -2.12. The Kier molecular flexibility index (Phi) is 5.54. The highest BCUT2D eigenvalue weighted by Gasteiger charge is 2.08. The van der Waals surface area contributed by atoms with E-state index in [2.05, 4.69) is 22.9 Å². The Morgan fingerprint density at radius 3 is 2.40 bits per heavy atom. The van der Waals surface area contributed by atoms with Gasteiger partial charge in [-0.3, -0.25) is 0 Å². The fourth-order valence-corrected chi connectivity index (χ4v) is 1.67. The Morgan fingerprint density at radius 1 is 1.20 bits per heavy atom. The lowest BCUT2D eigenvalue weighted by Crippen LogP contribution is -2.09. The van der Waals surface area contributed by atoms with Gasteiger partial charge >= 0.3 is 0 Å². The molecule has 0 saturated heterocycles. The van der Waals surface area contributed by atoms with Gasteiger partial charge in [-0.15, -0.1) is 0 Å². The van der Waals surface area contributed by atoms with Crippen LogP contribution in [0.3, 0.4) is 0 Å². The first kappa shape index (κ1) is 13.4. The molecule has 1 rings (SSSR count). The first-order valence-electron chi connectivity index (χ1n) is 4.38. The normalized spacial score (nSPS) is 12.6. The van der Waals surface area contributed by atoms with E-state index in [4.69, 9.17) is 39.5 Å². The van der Waals surface area contributed by atoms with E-state index in [1.165, 1.54) is 0 Å². The molecule has 0 aromatic heterocycles. The van der Waals surface area contributed by atoms with Crippen LogP contribution in [0.15, 0.2) is 12.1 Å². The molecule has 1 atom stereocenters. The summed E-state index contributed by atoms with van der Waals surface area (Å²) in [7, 11) is 0. The van der Waals surface area contributed by atoms with Gasteiger partial charge in [-0.2, -0.15) is 0 Å². The standard InChI is InChI=1S/C10H10BrCl3O/c1-6(4-11)5-15-10-3-8(13)7(12)2-9(10)14/h2-3,6H,4-5H2,1H3. The molecule has 0 aliphatic heterocycles. The Hall–Kier alpha value is 0.370. The zero-order chi connectivity index (χ0) is 11.4. The van der Waals surface area contributed by atoms with Crippen molar-refractivity contribution in [1.82, 2.24) is 0 Å². The number of alkyl halides is 1. The maximum atomic E-state index is 5.95. The quantitative estimate of drug-likeness (QED) is 0.553. The molecule has 0 saturated carbocycles. The van der Waals surface area contributed by atoms with E-state index in [1.54, 1.807) is 12.1 Å². The van der Waals surface area contributed by atoms with Crippen LogP contribution in [0.2, 0.25) is 15.1 Å². The lowest BCUT2D eigenvalue weighted by molar-refractivity contribution is 0.274. The topological polar surface area (TPSA) is 9.23 Å². The first-order chi connectivity index (χ1) is 7.04. The molecule has 0 aliphatic rings. The van der Waals surface area contributed by atoms with Crippen LogP contribution >= 0.6 is 50.7 Å². The average Bonchev–Trinajstić information content (AvgIpc) is 2.21. The van der Waals surface area contributed by atoms with E-state index in [0.29, 0.717) is 33.3 Å². The van der Waals surface area contributed by atoms with Crippen molar-refractivity contribution in [2.75, 3.05) is 11.9 Å². The summed E-state index contributed by atoms with van der Waals surface area (Å²) in [6.07, 6.45) is 0. The largest absolute Gasteiger partial charge is 0.492 e. The van der Waals surface area contributed by atoms with Crippen molar-refractivity contribution in [3.8, 4) is 5.75 Å². The summed E-state index contributed by atoms with van der Waals surface area (Å²) in [5.74, 6) is 0.981. The predicted octanol–water partition coefficient (Wildman–Crippen LogP) is 5.06. The van der Waals surface area contributed by atoms with E-state index < -0.39 is 0 Å². The van der Waals surface area contributed by atoms with E-state index in [0.717, 1.165) is 5.33 Å². The molecule has 1 unspecified atom stereocenters. The third kappa shape index (κ3) is 4.03. The van der Waals surface area contributed by atoms with Crippen LogP contribution in [0, 0.1) is 5.92 Å². The summed E-state index contributed by atoms with van der Waals surface area (Å²) in [5.41, 5.74) is 0. The summed E-state index contributed by atoms with van der Waals surface area (Å²) in [4.78, 5) is 0. The average molecular weight is 332 g/mol. The van der Waals surface area contributed by atoms with Gasteiger partial charge in [0, 0.05) is 11.4 Å². The summed E-state index contributed by atoms with van der Waals surface area (Å²) < 4.78 is 5.52. The van der Waals surface area contributed by atoms with Gasteiger partial charge in [0.05, 0.1) is 21.7 Å². The summed E-state index contributed by atoms with van der Waals surface area (Å²) in [6.45, 7) is 2.66. The molecule has 5 heteroatoms. The Balaban J connectivity index is 2.73. The smallest absolute Gasteiger partial charge is 0.139 e. The number of hydrogen-bond donors (Lipinski definition) is 0. The zero-order valence-corrected chi connectivity index (χ0v) is 11.9. The number of rotatable bonds is 4. The molecule has 0 N–H and O–H groups in total. The summed E-state index contributed by atoms with van der Waals surface area (Å²) in [6, 6.07) is 3.22. The SMILES string of the molecule is CC(CBr)COc1cc(Cl)c(Cl)cc1Cl. The van der Waals surface area contributed by atoms with Crippen LogP contribution in [-0.4, -0.2) is 11.9 Å². The second kappa shape index (κ2) is 6.19. The van der Waals surface area contributed by atoms with Crippen molar-refractivity contribution >= 4 is 50.7 Å². The number of halogens is 4. The van der Waals surface area contributed by atoms with E-state index in [1.807, 2.05) is 0 Å². The van der Waals surface area contributed by atoms with Crippen molar-refractivity contribution in [3.63, 3.8) is 0 Å². The van der Waals surface area contributed by atoms with Crippen LogP contribution in [-0.2, 0) is 0 Å². The molecule has 1 aromatic rings. The Bertz CT molecular complexity index is 344. The zero-order valence-electron chi connectivity index (χ0n) is 8.07. The predicted molar refractivity (Wildman–Crippen MR) is 69.9 cm³/mol. The molecule has 0 aliphatic carbocycles. The fourth-order valence-electron chi connectivity index (χ4n) is 0.892. The van der Waals surface area contributed by atoms with Gasteiger partial charge < -0.3 is 4.74 Å². The number of benzene rings is 1. The second-order valence-electron chi connectivity index (χ2n) is 3.27. The monoisotopic (exact) mass is 330 g/mol. The van der Waals surface area contributed by atoms with Gasteiger partial charge in [0.1, 0.15) is 5.75 Å². The molecule has 15 heavy (non-hydrogen) atoms. The molecule has 84 valence electrons.